The third kappa shape index (κ3) is 4.26. The van der Waals surface area contributed by atoms with Gasteiger partial charge in [-0.1, -0.05) is 71.8 Å². The Morgan fingerprint density at radius 2 is 1.76 bits per heavy atom. The Morgan fingerprint density at radius 3 is 2.48 bits per heavy atom. The average molecular weight is 439 g/mol. The van der Waals surface area contributed by atoms with E-state index in [2.05, 4.69) is 5.73 Å². The van der Waals surface area contributed by atoms with Gasteiger partial charge in [-0.2, -0.15) is 0 Å². The van der Waals surface area contributed by atoms with Crippen LogP contribution >= 0.6 is 0 Å². The number of hydrogen-bond donors (Lipinski definition) is 0. The van der Waals surface area contributed by atoms with E-state index in [9.17, 15) is 9.59 Å². The van der Waals surface area contributed by atoms with E-state index in [4.69, 9.17) is 9.47 Å². The van der Waals surface area contributed by atoms with E-state index in [1.807, 2.05) is 74.5 Å². The highest BCUT2D eigenvalue weighted by molar-refractivity contribution is 6.15. The molecule has 0 radical (unpaired) electrons. The van der Waals surface area contributed by atoms with Crippen molar-refractivity contribution in [3.05, 3.63) is 112 Å². The lowest BCUT2D eigenvalue weighted by Gasteiger charge is -2.40. The summed E-state index contributed by atoms with van der Waals surface area (Å²) in [5.41, 5.74) is 5.85. The fraction of sp³-hybridized carbons (Fsp3) is 0.207. The Bertz CT molecular complexity index is 1270. The summed E-state index contributed by atoms with van der Waals surface area (Å²) in [5.74, 6) is -0.466. The molecule has 0 saturated carbocycles. The number of fused-ring (bicyclic) bond motifs is 1. The van der Waals surface area contributed by atoms with E-state index in [1.165, 1.54) is 7.11 Å². The molecule has 0 saturated heterocycles. The van der Waals surface area contributed by atoms with Gasteiger partial charge in [0.25, 0.3) is 0 Å². The third-order valence-electron chi connectivity index (χ3n) is 5.96. The summed E-state index contributed by atoms with van der Waals surface area (Å²) in [4.78, 5) is 27.2. The molecule has 0 amide bonds. The summed E-state index contributed by atoms with van der Waals surface area (Å²) >= 11 is 0. The maximum absolute atomic E-state index is 13.9. The minimum atomic E-state index is -1.57. The molecule has 0 aliphatic carbocycles. The van der Waals surface area contributed by atoms with E-state index in [0.717, 1.165) is 22.3 Å². The van der Waals surface area contributed by atoms with Gasteiger partial charge in [-0.3, -0.25) is 9.59 Å². The van der Waals surface area contributed by atoms with Gasteiger partial charge < -0.3 is 9.47 Å². The SMILES string of the molecule is COC(=O)C1(CC=C=Cc2cccc(C)c2)C(=O)c2ccccc2OC1c1cccc(C)c1. The van der Waals surface area contributed by atoms with Gasteiger partial charge in [-0.05, 0) is 49.3 Å². The van der Waals surface area contributed by atoms with Crippen LogP contribution in [0.15, 0.2) is 84.6 Å². The molecular weight excluding hydrogens is 412 g/mol. The predicted molar refractivity (Wildman–Crippen MR) is 128 cm³/mol. The molecule has 0 bridgehead atoms. The molecule has 3 aromatic rings. The molecule has 4 heteroatoms. The summed E-state index contributed by atoms with van der Waals surface area (Å²) in [7, 11) is 1.30. The maximum atomic E-state index is 13.9. The van der Waals surface area contributed by atoms with E-state index in [-0.39, 0.29) is 12.2 Å². The van der Waals surface area contributed by atoms with Crippen LogP contribution in [0.1, 0.15) is 45.1 Å². The lowest BCUT2D eigenvalue weighted by Crippen LogP contribution is -2.49. The highest BCUT2D eigenvalue weighted by Gasteiger charge is 2.58. The molecule has 3 aromatic carbocycles. The average Bonchev–Trinajstić information content (AvgIpc) is 2.82. The first-order chi connectivity index (χ1) is 16.0. The molecule has 0 fully saturated rings. The minimum Gasteiger partial charge on any atom is -0.483 e. The predicted octanol–water partition coefficient (Wildman–Crippen LogP) is 6.04. The first kappa shape index (κ1) is 22.3. The molecule has 1 heterocycles. The molecule has 0 aromatic heterocycles. The van der Waals surface area contributed by atoms with Crippen molar-refractivity contribution >= 4 is 17.8 Å². The number of allylic oxidation sites excluding steroid dienone is 1. The summed E-state index contributed by atoms with van der Waals surface area (Å²) in [6, 6.07) is 22.7. The number of methoxy groups -OCH3 is 1. The van der Waals surface area contributed by atoms with Crippen molar-refractivity contribution in [1.82, 2.24) is 0 Å². The number of hydrogen-bond acceptors (Lipinski definition) is 4. The number of benzene rings is 3. The van der Waals surface area contributed by atoms with Gasteiger partial charge in [0, 0.05) is 6.42 Å². The van der Waals surface area contributed by atoms with Gasteiger partial charge in [0.2, 0.25) is 0 Å². The van der Waals surface area contributed by atoms with Gasteiger partial charge in [0.15, 0.2) is 11.2 Å². The number of carbonyl (C=O) groups excluding carboxylic acids is 2. The van der Waals surface area contributed by atoms with Crippen LogP contribution < -0.4 is 4.74 Å². The van der Waals surface area contributed by atoms with Gasteiger partial charge in [-0.15, -0.1) is 5.73 Å². The lowest BCUT2D eigenvalue weighted by molar-refractivity contribution is -0.155. The van der Waals surface area contributed by atoms with Gasteiger partial charge >= 0.3 is 5.97 Å². The van der Waals surface area contributed by atoms with Crippen LogP contribution in [0.4, 0.5) is 0 Å². The molecule has 0 N–H and O–H groups in total. The monoisotopic (exact) mass is 438 g/mol. The second kappa shape index (κ2) is 9.32. The largest absolute Gasteiger partial charge is 0.483 e. The number of aryl methyl sites for hydroxylation is 2. The molecule has 2 unspecified atom stereocenters. The minimum absolute atomic E-state index is 0.0910. The number of rotatable bonds is 5. The Morgan fingerprint density at radius 1 is 1.03 bits per heavy atom. The van der Waals surface area contributed by atoms with E-state index in [0.29, 0.717) is 11.3 Å². The van der Waals surface area contributed by atoms with Crippen molar-refractivity contribution in [3.63, 3.8) is 0 Å². The first-order valence-corrected chi connectivity index (χ1v) is 10.9. The Hall–Kier alpha value is -3.88. The summed E-state index contributed by atoms with van der Waals surface area (Å²) < 4.78 is 11.5. The molecule has 1 aliphatic rings. The van der Waals surface area contributed by atoms with Crippen molar-refractivity contribution in [2.24, 2.45) is 5.41 Å². The van der Waals surface area contributed by atoms with Crippen LogP contribution in [0.2, 0.25) is 0 Å². The van der Waals surface area contributed by atoms with Crippen molar-refractivity contribution in [3.8, 4) is 5.75 Å². The Balaban J connectivity index is 1.83. The number of esters is 1. The van der Waals surface area contributed by atoms with Crippen LogP contribution in [-0.2, 0) is 9.53 Å². The Kier molecular flexibility index (Phi) is 6.30. The second-order valence-electron chi connectivity index (χ2n) is 8.33. The molecule has 0 spiro atoms. The third-order valence-corrected chi connectivity index (χ3v) is 5.96. The molecule has 2 atom stereocenters. The molecule has 4 rings (SSSR count). The van der Waals surface area contributed by atoms with Crippen LogP contribution in [-0.4, -0.2) is 18.9 Å². The lowest BCUT2D eigenvalue weighted by atomic mass is 9.69. The summed E-state index contributed by atoms with van der Waals surface area (Å²) in [6.45, 7) is 3.99. The molecule has 33 heavy (non-hydrogen) atoms. The van der Waals surface area contributed by atoms with Crippen molar-refractivity contribution in [2.75, 3.05) is 7.11 Å². The topological polar surface area (TPSA) is 52.6 Å². The number of Topliss-reactive ketones (excluding diaryl/α,β-unsaturated/α-hetero) is 1. The normalized spacial score (nSPS) is 19.0. The highest BCUT2D eigenvalue weighted by atomic mass is 16.5. The number of ketones is 1. The van der Waals surface area contributed by atoms with Crippen molar-refractivity contribution in [2.45, 2.75) is 26.4 Å². The van der Waals surface area contributed by atoms with Gasteiger partial charge in [-0.25, -0.2) is 0 Å². The first-order valence-electron chi connectivity index (χ1n) is 10.9. The molecular formula is C29H26O4. The van der Waals surface area contributed by atoms with E-state index >= 15 is 0 Å². The standard InChI is InChI=1S/C29H26O4/c1-20-10-8-13-22(18-20)12-6-7-17-29(28(31)32-3)26(30)24-15-4-5-16-25(24)33-27(29)23-14-9-11-21(2)19-23/h4-5,7-16,18-19,27H,17H2,1-3H3. The smallest absolute Gasteiger partial charge is 0.324 e. The quantitative estimate of drug-likeness (QED) is 0.277. The van der Waals surface area contributed by atoms with E-state index in [1.54, 1.807) is 24.3 Å². The second-order valence-corrected chi connectivity index (χ2v) is 8.33. The van der Waals surface area contributed by atoms with Crippen molar-refractivity contribution < 1.29 is 19.1 Å². The fourth-order valence-electron chi connectivity index (χ4n) is 4.33. The van der Waals surface area contributed by atoms with Crippen LogP contribution in [0.25, 0.3) is 6.08 Å². The van der Waals surface area contributed by atoms with Crippen LogP contribution in [0.5, 0.6) is 5.75 Å². The van der Waals surface area contributed by atoms with Crippen molar-refractivity contribution in [1.29, 1.82) is 0 Å². The molecule has 4 nitrogen and oxygen atoms in total. The molecule has 1 aliphatic heterocycles. The van der Waals surface area contributed by atoms with E-state index < -0.39 is 17.5 Å². The Labute approximate surface area is 194 Å². The fourth-order valence-corrected chi connectivity index (χ4v) is 4.33. The van der Waals surface area contributed by atoms with Gasteiger partial charge in [0.1, 0.15) is 11.9 Å². The highest BCUT2D eigenvalue weighted by Crippen LogP contribution is 2.49. The van der Waals surface area contributed by atoms with Crippen LogP contribution in [0, 0.1) is 19.3 Å². The zero-order valence-electron chi connectivity index (χ0n) is 19.0. The zero-order valence-corrected chi connectivity index (χ0v) is 19.0. The van der Waals surface area contributed by atoms with Gasteiger partial charge in [0.05, 0.1) is 12.7 Å². The zero-order chi connectivity index (χ0) is 23.4. The number of ether oxygens (including phenoxy) is 2. The number of para-hydroxylation sites is 1. The summed E-state index contributed by atoms with van der Waals surface area (Å²) in [6.07, 6.45) is 2.82. The summed E-state index contributed by atoms with van der Waals surface area (Å²) in [5, 5.41) is 0. The maximum Gasteiger partial charge on any atom is 0.324 e. The molecule has 166 valence electrons. The van der Waals surface area contributed by atoms with Crippen LogP contribution in [0.3, 0.4) is 0 Å². The number of carbonyl (C=O) groups is 2.